The van der Waals surface area contributed by atoms with Crippen LogP contribution < -0.4 is 0 Å². The van der Waals surface area contributed by atoms with Gasteiger partial charge in [-0.05, 0) is 42.9 Å². The van der Waals surface area contributed by atoms with Crippen molar-refractivity contribution in [3.8, 4) is 0 Å². The van der Waals surface area contributed by atoms with Crippen LogP contribution in [-0.2, 0) is 6.42 Å². The summed E-state index contributed by atoms with van der Waals surface area (Å²) in [6.45, 7) is 0. The van der Waals surface area contributed by atoms with E-state index in [4.69, 9.17) is 23.2 Å². The van der Waals surface area contributed by atoms with Crippen LogP contribution in [0.2, 0.25) is 5.02 Å². The summed E-state index contributed by atoms with van der Waals surface area (Å²) >= 11 is 12.3. The van der Waals surface area contributed by atoms with Crippen LogP contribution in [-0.4, -0.2) is 5.38 Å². The molecule has 0 amide bonds. The van der Waals surface area contributed by atoms with Gasteiger partial charge in [-0.2, -0.15) is 0 Å². The average molecular weight is 257 g/mol. The van der Waals surface area contributed by atoms with E-state index in [0.717, 1.165) is 23.8 Å². The van der Waals surface area contributed by atoms with E-state index in [2.05, 4.69) is 12.1 Å². The fourth-order valence-electron chi connectivity index (χ4n) is 2.58. The molecule has 1 aromatic carbocycles. The van der Waals surface area contributed by atoms with Crippen molar-refractivity contribution < 1.29 is 0 Å². The summed E-state index contributed by atoms with van der Waals surface area (Å²) in [7, 11) is 0. The highest BCUT2D eigenvalue weighted by Gasteiger charge is 2.18. The van der Waals surface area contributed by atoms with Crippen molar-refractivity contribution in [3.05, 3.63) is 34.9 Å². The van der Waals surface area contributed by atoms with Gasteiger partial charge < -0.3 is 0 Å². The van der Waals surface area contributed by atoms with Crippen molar-refractivity contribution in [2.45, 2.75) is 43.9 Å². The van der Waals surface area contributed by atoms with E-state index in [1.54, 1.807) is 0 Å². The Labute approximate surface area is 108 Å². The Morgan fingerprint density at radius 1 is 1.19 bits per heavy atom. The normalized spacial score (nSPS) is 26.4. The fourth-order valence-corrected chi connectivity index (χ4v) is 3.20. The molecular formula is C14H18Cl2. The summed E-state index contributed by atoms with van der Waals surface area (Å²) in [6.07, 6.45) is 7.41. The van der Waals surface area contributed by atoms with Gasteiger partial charge in [-0.1, -0.05) is 43.0 Å². The van der Waals surface area contributed by atoms with Gasteiger partial charge in [0, 0.05) is 10.4 Å². The predicted molar refractivity (Wildman–Crippen MR) is 71.4 cm³/mol. The number of halogens is 2. The molecule has 16 heavy (non-hydrogen) atoms. The van der Waals surface area contributed by atoms with E-state index in [9.17, 15) is 0 Å². The molecule has 0 aromatic heterocycles. The minimum atomic E-state index is 0.381. The van der Waals surface area contributed by atoms with E-state index in [1.807, 2.05) is 12.1 Å². The molecule has 0 heterocycles. The van der Waals surface area contributed by atoms with Crippen LogP contribution in [0.5, 0.6) is 0 Å². The molecule has 2 heteroatoms. The van der Waals surface area contributed by atoms with Gasteiger partial charge in [0.05, 0.1) is 0 Å². The number of hydrogen-bond acceptors (Lipinski definition) is 0. The lowest BCUT2D eigenvalue weighted by atomic mass is 9.92. The van der Waals surface area contributed by atoms with Crippen LogP contribution in [0.15, 0.2) is 24.3 Å². The number of alkyl halides is 1. The Bertz CT molecular complexity index is 335. The minimum absolute atomic E-state index is 0.381. The number of benzene rings is 1. The molecule has 88 valence electrons. The summed E-state index contributed by atoms with van der Waals surface area (Å²) in [5.41, 5.74) is 1.35. The van der Waals surface area contributed by atoms with Crippen molar-refractivity contribution in [1.29, 1.82) is 0 Å². The Morgan fingerprint density at radius 3 is 2.81 bits per heavy atom. The van der Waals surface area contributed by atoms with Crippen molar-refractivity contribution in [2.24, 2.45) is 5.92 Å². The van der Waals surface area contributed by atoms with Gasteiger partial charge in [0.15, 0.2) is 0 Å². The van der Waals surface area contributed by atoms with Crippen LogP contribution in [0.4, 0.5) is 0 Å². The van der Waals surface area contributed by atoms with Crippen LogP contribution in [0.25, 0.3) is 0 Å². The van der Waals surface area contributed by atoms with Gasteiger partial charge in [0.25, 0.3) is 0 Å². The zero-order valence-electron chi connectivity index (χ0n) is 9.46. The second kappa shape index (κ2) is 5.93. The third-order valence-electron chi connectivity index (χ3n) is 3.38. The lowest BCUT2D eigenvalue weighted by Gasteiger charge is -2.16. The van der Waals surface area contributed by atoms with Crippen molar-refractivity contribution in [2.75, 3.05) is 0 Å². The highest BCUT2D eigenvalue weighted by atomic mass is 35.5. The van der Waals surface area contributed by atoms with Crippen molar-refractivity contribution in [3.63, 3.8) is 0 Å². The molecule has 1 saturated carbocycles. The smallest absolute Gasteiger partial charge is 0.0408 e. The third kappa shape index (κ3) is 3.68. The Balaban J connectivity index is 1.97. The van der Waals surface area contributed by atoms with Crippen LogP contribution in [0.1, 0.15) is 37.7 Å². The Kier molecular flexibility index (Phi) is 4.55. The van der Waals surface area contributed by atoms with Crippen molar-refractivity contribution >= 4 is 23.2 Å². The zero-order chi connectivity index (χ0) is 11.4. The molecule has 0 aliphatic heterocycles. The maximum atomic E-state index is 6.29. The lowest BCUT2D eigenvalue weighted by molar-refractivity contribution is 0.460. The fraction of sp³-hybridized carbons (Fsp3) is 0.571. The van der Waals surface area contributed by atoms with E-state index in [0.29, 0.717) is 5.38 Å². The summed E-state index contributed by atoms with van der Waals surface area (Å²) in [4.78, 5) is 0. The SMILES string of the molecule is Clc1cccc(CC2CCCCC(Cl)C2)c1. The quantitative estimate of drug-likeness (QED) is 0.512. The first-order valence-electron chi connectivity index (χ1n) is 6.12. The molecule has 1 aromatic rings. The second-order valence-corrected chi connectivity index (χ2v) is 5.87. The standard InChI is InChI=1S/C14H18Cl2/c15-13-6-2-1-4-11(9-13)8-12-5-3-7-14(16)10-12/h3,5,7,10-11,13H,1-2,4,6,8-9H2. The zero-order valence-corrected chi connectivity index (χ0v) is 11.0. The number of hydrogen-bond donors (Lipinski definition) is 0. The summed E-state index contributed by atoms with van der Waals surface area (Å²) in [6, 6.07) is 8.21. The Hall–Kier alpha value is -0.200. The average Bonchev–Trinajstić information content (AvgIpc) is 2.43. The first-order chi connectivity index (χ1) is 7.74. The molecule has 2 atom stereocenters. The second-order valence-electron chi connectivity index (χ2n) is 4.82. The summed E-state index contributed by atoms with van der Waals surface area (Å²) < 4.78 is 0. The molecule has 0 spiro atoms. The van der Waals surface area contributed by atoms with E-state index < -0.39 is 0 Å². The molecule has 1 fully saturated rings. The molecule has 0 bridgehead atoms. The highest BCUT2D eigenvalue weighted by molar-refractivity contribution is 6.30. The minimum Gasteiger partial charge on any atom is -0.123 e. The van der Waals surface area contributed by atoms with E-state index in [1.165, 1.54) is 31.2 Å². The molecule has 1 aliphatic carbocycles. The van der Waals surface area contributed by atoms with Crippen LogP contribution >= 0.6 is 23.2 Å². The molecule has 2 unspecified atom stereocenters. The molecule has 0 N–H and O–H groups in total. The van der Waals surface area contributed by atoms with E-state index in [-0.39, 0.29) is 0 Å². The van der Waals surface area contributed by atoms with Gasteiger partial charge in [-0.15, -0.1) is 11.6 Å². The van der Waals surface area contributed by atoms with Gasteiger partial charge in [0.1, 0.15) is 0 Å². The molecule has 0 radical (unpaired) electrons. The van der Waals surface area contributed by atoms with Gasteiger partial charge in [-0.25, -0.2) is 0 Å². The number of rotatable bonds is 2. The largest absolute Gasteiger partial charge is 0.123 e. The molecular weight excluding hydrogens is 239 g/mol. The molecule has 0 saturated heterocycles. The topological polar surface area (TPSA) is 0 Å². The lowest BCUT2D eigenvalue weighted by Crippen LogP contribution is -2.08. The monoisotopic (exact) mass is 256 g/mol. The Morgan fingerprint density at radius 2 is 2.00 bits per heavy atom. The van der Waals surface area contributed by atoms with Gasteiger partial charge in [-0.3, -0.25) is 0 Å². The summed E-state index contributed by atoms with van der Waals surface area (Å²) in [5, 5.41) is 1.22. The first kappa shape index (κ1) is 12.3. The van der Waals surface area contributed by atoms with Gasteiger partial charge in [0.2, 0.25) is 0 Å². The molecule has 1 aliphatic rings. The maximum absolute atomic E-state index is 6.29. The van der Waals surface area contributed by atoms with Crippen LogP contribution in [0.3, 0.4) is 0 Å². The maximum Gasteiger partial charge on any atom is 0.0408 e. The van der Waals surface area contributed by atoms with E-state index >= 15 is 0 Å². The molecule has 2 rings (SSSR count). The predicted octanol–water partition coefficient (Wildman–Crippen LogP) is 5.07. The first-order valence-corrected chi connectivity index (χ1v) is 6.94. The third-order valence-corrected chi connectivity index (χ3v) is 4.01. The summed E-state index contributed by atoms with van der Waals surface area (Å²) in [5.74, 6) is 0.739. The highest BCUT2D eigenvalue weighted by Crippen LogP contribution is 2.29. The van der Waals surface area contributed by atoms with Crippen LogP contribution in [0, 0.1) is 5.92 Å². The van der Waals surface area contributed by atoms with Crippen molar-refractivity contribution in [1.82, 2.24) is 0 Å². The molecule has 0 nitrogen and oxygen atoms in total. The van der Waals surface area contributed by atoms with Gasteiger partial charge >= 0.3 is 0 Å².